The quantitative estimate of drug-likeness (QED) is 0.568. The molecule has 1 saturated heterocycles. The van der Waals surface area contributed by atoms with Crippen molar-refractivity contribution in [2.24, 2.45) is 0 Å². The van der Waals surface area contributed by atoms with E-state index in [0.29, 0.717) is 3.57 Å². The van der Waals surface area contributed by atoms with Crippen molar-refractivity contribution in [3.63, 3.8) is 0 Å². The zero-order valence-electron chi connectivity index (χ0n) is 9.88. The van der Waals surface area contributed by atoms with Gasteiger partial charge in [0.25, 0.3) is 0 Å². The van der Waals surface area contributed by atoms with Crippen molar-refractivity contribution >= 4 is 22.6 Å². The van der Waals surface area contributed by atoms with Gasteiger partial charge in [0.05, 0.1) is 13.2 Å². The zero-order valence-corrected chi connectivity index (χ0v) is 12.0. The molecule has 1 aliphatic rings. The molecule has 0 saturated carbocycles. The van der Waals surface area contributed by atoms with E-state index >= 15 is 0 Å². The van der Waals surface area contributed by atoms with Gasteiger partial charge in [0, 0.05) is 22.2 Å². The molecule has 0 aliphatic carbocycles. The molecule has 19 heavy (non-hydrogen) atoms. The maximum atomic E-state index is 13.7. The van der Waals surface area contributed by atoms with Gasteiger partial charge in [0.1, 0.15) is 11.9 Å². The summed E-state index contributed by atoms with van der Waals surface area (Å²) in [6.45, 7) is 0.764. The molecule has 0 bridgehead atoms. The third-order valence-corrected chi connectivity index (χ3v) is 3.64. The summed E-state index contributed by atoms with van der Waals surface area (Å²) in [5.41, 5.74) is -0.318. The minimum atomic E-state index is -4.51. The van der Waals surface area contributed by atoms with Crippen LogP contribution < -0.4 is 0 Å². The maximum Gasteiger partial charge on any atom is 0.408 e. The predicted molar refractivity (Wildman–Crippen MR) is 70.3 cm³/mol. The van der Waals surface area contributed by atoms with Gasteiger partial charge in [-0.15, -0.1) is 0 Å². The second kappa shape index (κ2) is 5.92. The van der Waals surface area contributed by atoms with Crippen LogP contribution in [-0.4, -0.2) is 37.4 Å². The van der Waals surface area contributed by atoms with Crippen LogP contribution in [0.1, 0.15) is 11.6 Å². The first-order valence-electron chi connectivity index (χ1n) is 5.73. The number of hydrogen-bond donors (Lipinski definition) is 0. The van der Waals surface area contributed by atoms with Crippen molar-refractivity contribution in [1.82, 2.24) is 4.90 Å². The van der Waals surface area contributed by atoms with Crippen molar-refractivity contribution in [1.29, 1.82) is 0 Å². The van der Waals surface area contributed by atoms with Crippen molar-refractivity contribution < 1.29 is 22.3 Å². The Hall–Kier alpha value is -0.410. The van der Waals surface area contributed by atoms with Crippen LogP contribution in [0.15, 0.2) is 18.2 Å². The summed E-state index contributed by atoms with van der Waals surface area (Å²) in [6, 6.07) is 1.87. The van der Waals surface area contributed by atoms with Gasteiger partial charge in [-0.1, -0.05) is 0 Å². The molecular formula is C12H12F4INO. The molecule has 7 heteroatoms. The number of ether oxygens (including phenoxy) is 1. The lowest BCUT2D eigenvalue weighted by molar-refractivity contribution is -0.195. The smallest absolute Gasteiger partial charge is 0.379 e. The van der Waals surface area contributed by atoms with Gasteiger partial charge in [-0.05, 0) is 40.8 Å². The van der Waals surface area contributed by atoms with Gasteiger partial charge in [-0.25, -0.2) is 4.39 Å². The minimum Gasteiger partial charge on any atom is -0.379 e. The van der Waals surface area contributed by atoms with Gasteiger partial charge in [0.15, 0.2) is 0 Å². The average Bonchev–Trinajstić information content (AvgIpc) is 2.33. The molecule has 2 rings (SSSR count). The first kappa shape index (κ1) is 15.0. The summed E-state index contributed by atoms with van der Waals surface area (Å²) in [7, 11) is 0. The topological polar surface area (TPSA) is 12.5 Å². The van der Waals surface area contributed by atoms with E-state index in [-0.39, 0.29) is 31.9 Å². The molecule has 0 amide bonds. The number of hydrogen-bond acceptors (Lipinski definition) is 2. The molecule has 1 aliphatic heterocycles. The lowest BCUT2D eigenvalue weighted by atomic mass is 10.0. The maximum absolute atomic E-state index is 13.7. The lowest BCUT2D eigenvalue weighted by Gasteiger charge is -2.35. The fourth-order valence-corrected chi connectivity index (χ4v) is 2.66. The molecule has 0 radical (unpaired) electrons. The lowest BCUT2D eigenvalue weighted by Crippen LogP contribution is -2.45. The second-order valence-corrected chi connectivity index (χ2v) is 5.50. The van der Waals surface area contributed by atoms with Crippen LogP contribution in [0, 0.1) is 9.39 Å². The van der Waals surface area contributed by atoms with Crippen LogP contribution in [0.25, 0.3) is 0 Å². The first-order chi connectivity index (χ1) is 8.89. The molecule has 1 aromatic carbocycles. The Morgan fingerprint density at radius 1 is 1.21 bits per heavy atom. The summed E-state index contributed by atoms with van der Waals surface area (Å²) in [6.07, 6.45) is -4.51. The number of morpholine rings is 1. The molecule has 106 valence electrons. The van der Waals surface area contributed by atoms with Crippen LogP contribution in [0.5, 0.6) is 0 Å². The monoisotopic (exact) mass is 389 g/mol. The zero-order chi connectivity index (χ0) is 14.0. The molecule has 0 spiro atoms. The highest BCUT2D eigenvalue weighted by molar-refractivity contribution is 14.1. The normalized spacial score (nSPS) is 19.4. The number of nitrogens with zero attached hydrogens (tertiary/aromatic N) is 1. The summed E-state index contributed by atoms with van der Waals surface area (Å²) in [5, 5.41) is 0. The highest BCUT2D eigenvalue weighted by atomic mass is 127. The van der Waals surface area contributed by atoms with Gasteiger partial charge >= 0.3 is 6.18 Å². The molecule has 0 N–H and O–H groups in total. The van der Waals surface area contributed by atoms with Gasteiger partial charge in [0.2, 0.25) is 0 Å². The van der Waals surface area contributed by atoms with E-state index in [2.05, 4.69) is 0 Å². The van der Waals surface area contributed by atoms with Crippen LogP contribution >= 0.6 is 22.6 Å². The van der Waals surface area contributed by atoms with Crippen molar-refractivity contribution in [3.8, 4) is 0 Å². The molecule has 2 nitrogen and oxygen atoms in total. The van der Waals surface area contributed by atoms with Crippen molar-refractivity contribution in [2.75, 3.05) is 26.3 Å². The van der Waals surface area contributed by atoms with Crippen LogP contribution in [-0.2, 0) is 4.74 Å². The molecule has 0 aromatic heterocycles. The van der Waals surface area contributed by atoms with E-state index < -0.39 is 18.0 Å². The fraction of sp³-hybridized carbons (Fsp3) is 0.500. The molecule has 1 atom stereocenters. The number of rotatable bonds is 2. The second-order valence-electron chi connectivity index (χ2n) is 4.26. The summed E-state index contributed by atoms with van der Waals surface area (Å²) in [5.74, 6) is -0.825. The summed E-state index contributed by atoms with van der Waals surface area (Å²) in [4.78, 5) is 1.22. The molecule has 1 heterocycles. The van der Waals surface area contributed by atoms with E-state index in [1.54, 1.807) is 0 Å². The Morgan fingerprint density at radius 3 is 2.42 bits per heavy atom. The Morgan fingerprint density at radius 2 is 1.84 bits per heavy atom. The van der Waals surface area contributed by atoms with E-state index in [9.17, 15) is 17.6 Å². The SMILES string of the molecule is Fc1ccc(I)cc1C(N1CCOCC1)C(F)(F)F. The van der Waals surface area contributed by atoms with Gasteiger partial charge < -0.3 is 4.74 Å². The van der Waals surface area contributed by atoms with Gasteiger partial charge in [-0.2, -0.15) is 13.2 Å². The predicted octanol–water partition coefficient (Wildman–Crippen LogP) is 3.37. The highest BCUT2D eigenvalue weighted by Gasteiger charge is 2.46. The fourth-order valence-electron chi connectivity index (χ4n) is 2.14. The number of alkyl halides is 3. The average molecular weight is 389 g/mol. The van der Waals surface area contributed by atoms with Crippen LogP contribution in [0.3, 0.4) is 0 Å². The standard InChI is InChI=1S/C12H12F4INO/c13-10-2-1-8(17)7-9(10)11(12(14,15)16)18-3-5-19-6-4-18/h1-2,7,11H,3-6H2. The summed E-state index contributed by atoms with van der Waals surface area (Å²) < 4.78 is 59.1. The van der Waals surface area contributed by atoms with Crippen molar-refractivity contribution in [2.45, 2.75) is 12.2 Å². The molecular weight excluding hydrogens is 377 g/mol. The van der Waals surface area contributed by atoms with E-state index in [0.717, 1.165) is 6.07 Å². The van der Waals surface area contributed by atoms with Gasteiger partial charge in [-0.3, -0.25) is 4.90 Å². The van der Waals surface area contributed by atoms with Crippen LogP contribution in [0.2, 0.25) is 0 Å². The minimum absolute atomic E-state index is 0.148. The highest BCUT2D eigenvalue weighted by Crippen LogP contribution is 2.39. The Kier molecular flexibility index (Phi) is 4.67. The van der Waals surface area contributed by atoms with Crippen molar-refractivity contribution in [3.05, 3.63) is 33.1 Å². The Balaban J connectivity index is 2.39. The summed E-state index contributed by atoms with van der Waals surface area (Å²) >= 11 is 1.88. The van der Waals surface area contributed by atoms with E-state index in [1.165, 1.54) is 17.0 Å². The Labute approximate surface area is 121 Å². The van der Waals surface area contributed by atoms with Crippen LogP contribution in [0.4, 0.5) is 17.6 Å². The Bertz CT molecular complexity index is 446. The third kappa shape index (κ3) is 3.57. The first-order valence-corrected chi connectivity index (χ1v) is 6.81. The molecule has 1 aromatic rings. The number of halogens is 5. The largest absolute Gasteiger partial charge is 0.408 e. The van der Waals surface area contributed by atoms with E-state index in [1.807, 2.05) is 22.6 Å². The molecule has 1 fully saturated rings. The molecule has 1 unspecified atom stereocenters. The number of benzene rings is 1. The third-order valence-electron chi connectivity index (χ3n) is 2.97. The van der Waals surface area contributed by atoms with E-state index in [4.69, 9.17) is 4.74 Å².